The van der Waals surface area contributed by atoms with Crippen molar-refractivity contribution in [3.8, 4) is 5.75 Å². The largest absolute Gasteiger partial charge is 0.497 e. The minimum Gasteiger partial charge on any atom is -0.497 e. The lowest BCUT2D eigenvalue weighted by molar-refractivity contribution is -0.135. The Morgan fingerprint density at radius 2 is 1.69 bits per heavy atom. The smallest absolute Gasteiger partial charge is 0.335 e. The summed E-state index contributed by atoms with van der Waals surface area (Å²) in [7, 11) is 1.46. The normalized spacial score (nSPS) is 10.2. The molecule has 2 rings (SSSR count). The fraction of sp³-hybridized carbons (Fsp3) is 0.200. The topological polar surface area (TPSA) is 97.7 Å². The van der Waals surface area contributed by atoms with Crippen LogP contribution in [0.2, 0.25) is 0 Å². The van der Waals surface area contributed by atoms with Gasteiger partial charge in [-0.1, -0.05) is 18.2 Å². The van der Waals surface area contributed by atoms with Gasteiger partial charge < -0.3 is 9.84 Å². The lowest BCUT2D eigenvalue weighted by Crippen LogP contribution is -2.20. The fourth-order valence-corrected chi connectivity index (χ4v) is 2.41. The van der Waals surface area contributed by atoms with Gasteiger partial charge in [0, 0.05) is 12.0 Å². The second-order valence-corrected chi connectivity index (χ2v) is 5.80. The second kappa shape index (κ2) is 8.20. The number of methoxy groups -OCH3 is 1. The van der Waals surface area contributed by atoms with Gasteiger partial charge in [-0.15, -0.1) is 0 Å². The van der Waals surface area contributed by atoms with Crippen LogP contribution in [0.3, 0.4) is 0 Å². The Morgan fingerprint density at radius 3 is 2.35 bits per heavy atom. The minimum atomic E-state index is -1.11. The van der Waals surface area contributed by atoms with Crippen molar-refractivity contribution in [2.75, 3.05) is 7.11 Å². The number of carbonyl (C=O) groups excluding carboxylic acids is 3. The maximum atomic E-state index is 12.2. The molecule has 2 aromatic rings. The van der Waals surface area contributed by atoms with Gasteiger partial charge in [0.2, 0.25) is 11.6 Å². The lowest BCUT2D eigenvalue weighted by Gasteiger charge is -2.07. The third-order valence-electron chi connectivity index (χ3n) is 3.97. The Morgan fingerprint density at radius 1 is 0.962 bits per heavy atom. The zero-order chi connectivity index (χ0) is 19.3. The van der Waals surface area contributed by atoms with Crippen LogP contribution in [0, 0.1) is 6.92 Å². The second-order valence-electron chi connectivity index (χ2n) is 5.80. The van der Waals surface area contributed by atoms with Crippen molar-refractivity contribution < 1.29 is 29.0 Å². The van der Waals surface area contributed by atoms with Crippen LogP contribution in [-0.4, -0.2) is 35.5 Å². The van der Waals surface area contributed by atoms with E-state index in [1.165, 1.54) is 25.3 Å². The molecular weight excluding hydrogens is 336 g/mol. The number of carbonyl (C=O) groups is 4. The van der Waals surface area contributed by atoms with Gasteiger partial charge in [0.05, 0.1) is 19.1 Å². The van der Waals surface area contributed by atoms with E-state index < -0.39 is 29.7 Å². The number of benzene rings is 2. The van der Waals surface area contributed by atoms with E-state index in [0.717, 1.165) is 0 Å². The van der Waals surface area contributed by atoms with Gasteiger partial charge in [-0.05, 0) is 42.3 Å². The van der Waals surface area contributed by atoms with E-state index >= 15 is 0 Å². The SMILES string of the molecule is COc1cccc(C(=O)CC(=O)C(=O)Cc2cc(C(=O)O)ccc2C)c1. The number of Topliss-reactive ketones (excluding diaryl/α,β-unsaturated/α-hetero) is 3. The molecule has 0 aliphatic rings. The summed E-state index contributed by atoms with van der Waals surface area (Å²) in [5.41, 5.74) is 1.49. The summed E-state index contributed by atoms with van der Waals surface area (Å²) in [6, 6.07) is 10.7. The maximum absolute atomic E-state index is 12.2. The molecular formula is C20H18O6. The highest BCUT2D eigenvalue weighted by atomic mass is 16.5. The molecule has 1 N–H and O–H groups in total. The predicted octanol–water partition coefficient (Wildman–Crippen LogP) is 2.66. The number of aryl methyl sites for hydroxylation is 1. The van der Waals surface area contributed by atoms with Crippen LogP contribution in [0.1, 0.15) is 38.3 Å². The van der Waals surface area contributed by atoms with E-state index in [2.05, 4.69) is 0 Å². The average molecular weight is 354 g/mol. The number of ketones is 3. The lowest BCUT2D eigenvalue weighted by atomic mass is 9.96. The van der Waals surface area contributed by atoms with Gasteiger partial charge in [-0.25, -0.2) is 4.79 Å². The molecule has 6 nitrogen and oxygen atoms in total. The first-order chi connectivity index (χ1) is 12.3. The highest BCUT2D eigenvalue weighted by molar-refractivity contribution is 6.41. The molecule has 26 heavy (non-hydrogen) atoms. The average Bonchev–Trinajstić information content (AvgIpc) is 2.63. The molecule has 134 valence electrons. The minimum absolute atomic E-state index is 0.0401. The van der Waals surface area contributed by atoms with Crippen molar-refractivity contribution in [3.63, 3.8) is 0 Å². The Labute approximate surface area is 150 Å². The van der Waals surface area contributed by atoms with E-state index in [1.807, 2.05) is 0 Å². The molecule has 0 unspecified atom stereocenters. The van der Waals surface area contributed by atoms with E-state index in [0.29, 0.717) is 16.9 Å². The van der Waals surface area contributed by atoms with Crippen molar-refractivity contribution in [3.05, 3.63) is 64.7 Å². The van der Waals surface area contributed by atoms with E-state index in [-0.39, 0.29) is 17.5 Å². The summed E-state index contributed by atoms with van der Waals surface area (Å²) in [4.78, 5) is 47.5. The molecule has 0 radical (unpaired) electrons. The molecule has 0 saturated carbocycles. The summed E-state index contributed by atoms with van der Waals surface area (Å²) in [5.74, 6) is -2.64. The third-order valence-corrected chi connectivity index (χ3v) is 3.97. The summed E-state index contributed by atoms with van der Waals surface area (Å²) in [6.45, 7) is 1.72. The number of aromatic carboxylic acids is 1. The van der Waals surface area contributed by atoms with Crippen LogP contribution < -0.4 is 4.74 Å². The number of hydrogen-bond donors (Lipinski definition) is 1. The molecule has 0 amide bonds. The fourth-order valence-electron chi connectivity index (χ4n) is 2.41. The number of carboxylic acid groups (broad SMARTS) is 1. The highest BCUT2D eigenvalue weighted by Crippen LogP contribution is 2.16. The first-order valence-electron chi connectivity index (χ1n) is 7.88. The first-order valence-corrected chi connectivity index (χ1v) is 7.88. The van der Waals surface area contributed by atoms with Crippen LogP contribution >= 0.6 is 0 Å². The van der Waals surface area contributed by atoms with Gasteiger partial charge in [-0.2, -0.15) is 0 Å². The summed E-state index contributed by atoms with van der Waals surface area (Å²) in [5, 5.41) is 9.02. The molecule has 0 aromatic heterocycles. The summed E-state index contributed by atoms with van der Waals surface area (Å²) < 4.78 is 5.03. The Balaban J connectivity index is 2.08. The number of ether oxygens (including phenoxy) is 1. The van der Waals surface area contributed by atoms with Crippen LogP contribution in [-0.2, 0) is 16.0 Å². The van der Waals surface area contributed by atoms with Gasteiger partial charge in [0.25, 0.3) is 0 Å². The van der Waals surface area contributed by atoms with Crippen molar-refractivity contribution in [1.82, 2.24) is 0 Å². The molecule has 6 heteroatoms. The van der Waals surface area contributed by atoms with Crippen LogP contribution in [0.25, 0.3) is 0 Å². The zero-order valence-electron chi connectivity index (χ0n) is 14.4. The van der Waals surface area contributed by atoms with Crippen LogP contribution in [0.15, 0.2) is 42.5 Å². The molecule has 0 heterocycles. The Hall–Kier alpha value is -3.28. The summed E-state index contributed by atoms with van der Waals surface area (Å²) >= 11 is 0. The number of hydrogen-bond acceptors (Lipinski definition) is 5. The van der Waals surface area contributed by atoms with Crippen molar-refractivity contribution >= 4 is 23.3 Å². The van der Waals surface area contributed by atoms with Gasteiger partial charge in [0.15, 0.2) is 5.78 Å². The van der Waals surface area contributed by atoms with E-state index in [4.69, 9.17) is 9.84 Å². The van der Waals surface area contributed by atoms with Crippen molar-refractivity contribution in [1.29, 1.82) is 0 Å². The third kappa shape index (κ3) is 4.63. The van der Waals surface area contributed by atoms with Crippen molar-refractivity contribution in [2.45, 2.75) is 19.8 Å². The number of rotatable bonds is 8. The zero-order valence-corrected chi connectivity index (χ0v) is 14.4. The highest BCUT2D eigenvalue weighted by Gasteiger charge is 2.20. The van der Waals surface area contributed by atoms with Gasteiger partial charge in [0.1, 0.15) is 5.75 Å². The Kier molecular flexibility index (Phi) is 6.01. The molecule has 0 atom stereocenters. The van der Waals surface area contributed by atoms with E-state index in [1.54, 1.807) is 31.2 Å². The van der Waals surface area contributed by atoms with Crippen molar-refractivity contribution in [2.24, 2.45) is 0 Å². The molecule has 2 aromatic carbocycles. The van der Waals surface area contributed by atoms with E-state index in [9.17, 15) is 19.2 Å². The molecule has 0 spiro atoms. The maximum Gasteiger partial charge on any atom is 0.335 e. The Bertz CT molecular complexity index is 882. The molecule has 0 saturated heterocycles. The monoisotopic (exact) mass is 354 g/mol. The number of carboxylic acids is 1. The van der Waals surface area contributed by atoms with Crippen LogP contribution in [0.5, 0.6) is 5.75 Å². The molecule has 0 fully saturated rings. The van der Waals surface area contributed by atoms with Crippen LogP contribution in [0.4, 0.5) is 0 Å². The molecule has 0 aliphatic carbocycles. The summed E-state index contributed by atoms with van der Waals surface area (Å²) in [6.07, 6.45) is -0.777. The quantitative estimate of drug-likeness (QED) is 0.445. The van der Waals surface area contributed by atoms with Gasteiger partial charge in [-0.3, -0.25) is 14.4 Å². The standard InChI is InChI=1S/C20H18O6/c1-12-6-7-14(20(24)25)8-15(12)10-18(22)19(23)11-17(21)13-4-3-5-16(9-13)26-2/h3-9H,10-11H2,1-2H3,(H,24,25). The molecule has 0 aliphatic heterocycles. The van der Waals surface area contributed by atoms with Gasteiger partial charge >= 0.3 is 5.97 Å². The first kappa shape index (κ1) is 19.1. The molecule has 0 bridgehead atoms. The predicted molar refractivity (Wildman–Crippen MR) is 93.8 cm³/mol.